The molecule has 0 atom stereocenters. The van der Waals surface area contributed by atoms with Crippen LogP contribution in [0.15, 0.2) is 33.6 Å². The summed E-state index contributed by atoms with van der Waals surface area (Å²) in [6, 6.07) is 7.96. The van der Waals surface area contributed by atoms with Gasteiger partial charge in [-0.15, -0.1) is 0 Å². The van der Waals surface area contributed by atoms with Gasteiger partial charge in [0.05, 0.1) is 4.90 Å². The molecular weight excluding hydrogens is 428 g/mol. The highest BCUT2D eigenvalue weighted by atomic mass is 79.9. The van der Waals surface area contributed by atoms with Gasteiger partial charge in [0.1, 0.15) is 16.0 Å². The van der Waals surface area contributed by atoms with Crippen molar-refractivity contribution in [2.24, 2.45) is 0 Å². The van der Waals surface area contributed by atoms with Crippen molar-refractivity contribution >= 4 is 49.9 Å². The second-order valence-corrected chi connectivity index (χ2v) is 7.04. The lowest BCUT2D eigenvalue weighted by Crippen LogP contribution is -2.21. The number of rotatable bonds is 2. The molecule has 0 saturated carbocycles. The minimum atomic E-state index is -1.74. The zero-order valence-electron chi connectivity index (χ0n) is 11.9. The number of benzene rings is 2. The average molecular weight is 435 g/mol. The van der Waals surface area contributed by atoms with Crippen LogP contribution in [0.3, 0.4) is 0 Å². The Morgan fingerprint density at radius 3 is 2.04 bits per heavy atom. The number of thioether (sulfide) groups is 1. The van der Waals surface area contributed by atoms with E-state index in [-0.39, 0.29) is 4.32 Å². The van der Waals surface area contributed by atoms with E-state index in [4.69, 9.17) is 17.5 Å². The molecule has 0 radical (unpaired) electrons. The Morgan fingerprint density at radius 1 is 1.08 bits per heavy atom. The Kier molecular flexibility index (Phi) is 5.85. The van der Waals surface area contributed by atoms with Gasteiger partial charge in [0.25, 0.3) is 0 Å². The molecule has 0 heterocycles. The highest BCUT2D eigenvalue weighted by molar-refractivity contribution is 9.10. The average Bonchev–Trinajstić information content (AvgIpc) is 2.57. The summed E-state index contributed by atoms with van der Waals surface area (Å²) in [5, 5.41) is 8.57. The Bertz CT molecular complexity index is 821. The molecule has 0 spiro atoms. The third-order valence-corrected chi connectivity index (χ3v) is 5.08. The fraction of sp³-hybridized carbons (Fsp3) is 0.0667. The maximum Gasteiger partial charge on any atom is 0.180 e. The lowest BCUT2D eigenvalue weighted by atomic mass is 10.2. The molecule has 0 aromatic heterocycles. The van der Waals surface area contributed by atoms with Crippen molar-refractivity contribution in [1.82, 2.24) is 0 Å². The van der Waals surface area contributed by atoms with Crippen molar-refractivity contribution in [3.63, 3.8) is 0 Å². The summed E-state index contributed by atoms with van der Waals surface area (Å²) in [7, 11) is 1.55. The van der Waals surface area contributed by atoms with E-state index in [1.54, 1.807) is 31.3 Å². The molecule has 2 nitrogen and oxygen atoms in total. The molecule has 9 heteroatoms. The monoisotopic (exact) mass is 434 g/mol. The van der Waals surface area contributed by atoms with Crippen molar-refractivity contribution in [1.29, 1.82) is 5.26 Å². The number of nitrogens with zero attached hydrogens (tertiary/aromatic N) is 2. The fourth-order valence-electron chi connectivity index (χ4n) is 1.73. The van der Waals surface area contributed by atoms with Crippen LogP contribution in [0.5, 0.6) is 0 Å². The van der Waals surface area contributed by atoms with Gasteiger partial charge in [-0.3, -0.25) is 0 Å². The van der Waals surface area contributed by atoms with Crippen LogP contribution < -0.4 is 4.90 Å². The minimum absolute atomic E-state index is 0.0290. The fourth-order valence-corrected chi connectivity index (χ4v) is 3.12. The van der Waals surface area contributed by atoms with Crippen LogP contribution in [0.25, 0.3) is 0 Å². The van der Waals surface area contributed by atoms with E-state index in [0.29, 0.717) is 17.4 Å². The standard InChI is InChI=1S/C15H7BrF4N2S2/c1-22(8-4-2-7(16)3-5-8)15(23)24-14-12(19)10(17)9(6-21)11(18)13(14)20/h2-5H,1H3. The summed E-state index contributed by atoms with van der Waals surface area (Å²) in [6.45, 7) is 0. The van der Waals surface area contributed by atoms with Gasteiger partial charge in [0.15, 0.2) is 23.3 Å². The van der Waals surface area contributed by atoms with Crippen molar-refractivity contribution in [3.05, 3.63) is 57.6 Å². The van der Waals surface area contributed by atoms with E-state index in [2.05, 4.69) is 15.9 Å². The number of hydrogen-bond donors (Lipinski definition) is 0. The second kappa shape index (κ2) is 7.51. The Morgan fingerprint density at radius 2 is 1.58 bits per heavy atom. The van der Waals surface area contributed by atoms with Crippen LogP contribution in [0.2, 0.25) is 0 Å². The minimum Gasteiger partial charge on any atom is -0.330 e. The maximum absolute atomic E-state index is 13.9. The van der Waals surface area contributed by atoms with Crippen molar-refractivity contribution in [3.8, 4) is 6.07 Å². The third-order valence-electron chi connectivity index (χ3n) is 3.01. The smallest absolute Gasteiger partial charge is 0.180 e. The lowest BCUT2D eigenvalue weighted by Gasteiger charge is -2.20. The van der Waals surface area contributed by atoms with Gasteiger partial charge in [0.2, 0.25) is 0 Å². The van der Waals surface area contributed by atoms with Crippen molar-refractivity contribution < 1.29 is 17.6 Å². The number of anilines is 1. The first-order valence-electron chi connectivity index (χ1n) is 6.25. The first-order chi connectivity index (χ1) is 11.3. The summed E-state index contributed by atoms with van der Waals surface area (Å²) in [6.07, 6.45) is 0. The summed E-state index contributed by atoms with van der Waals surface area (Å²) in [4.78, 5) is 0.497. The maximum atomic E-state index is 13.9. The van der Waals surface area contributed by atoms with Crippen LogP contribution in [-0.4, -0.2) is 11.4 Å². The van der Waals surface area contributed by atoms with Gasteiger partial charge < -0.3 is 4.90 Å². The van der Waals surface area contributed by atoms with Crippen molar-refractivity contribution in [2.75, 3.05) is 11.9 Å². The molecule has 0 unspecified atom stereocenters. The van der Waals surface area contributed by atoms with Crippen LogP contribution in [-0.2, 0) is 0 Å². The summed E-state index contributed by atoms with van der Waals surface area (Å²) >= 11 is 8.70. The number of nitriles is 1. The molecule has 0 saturated heterocycles. The van der Waals surface area contributed by atoms with E-state index < -0.39 is 33.7 Å². The topological polar surface area (TPSA) is 27.0 Å². The highest BCUT2D eigenvalue weighted by Crippen LogP contribution is 2.33. The molecule has 0 N–H and O–H groups in total. The molecule has 2 rings (SSSR count). The summed E-state index contributed by atoms with van der Waals surface area (Å²) in [5.41, 5.74) is -0.687. The van der Waals surface area contributed by atoms with Gasteiger partial charge >= 0.3 is 0 Å². The van der Waals surface area contributed by atoms with Gasteiger partial charge in [-0.25, -0.2) is 17.6 Å². The highest BCUT2D eigenvalue weighted by Gasteiger charge is 2.27. The summed E-state index contributed by atoms with van der Waals surface area (Å²) in [5.74, 6) is -6.79. The molecule has 0 aliphatic carbocycles. The van der Waals surface area contributed by atoms with E-state index in [0.717, 1.165) is 10.5 Å². The third kappa shape index (κ3) is 3.55. The van der Waals surface area contributed by atoms with E-state index in [9.17, 15) is 17.6 Å². The molecule has 0 fully saturated rings. The van der Waals surface area contributed by atoms with Gasteiger partial charge in [-0.1, -0.05) is 39.9 Å². The van der Waals surface area contributed by atoms with Crippen LogP contribution in [0.1, 0.15) is 5.56 Å². The first kappa shape index (κ1) is 18.7. The lowest BCUT2D eigenvalue weighted by molar-refractivity contribution is 0.423. The Labute approximate surface area is 153 Å². The van der Waals surface area contributed by atoms with Gasteiger partial charge in [-0.05, 0) is 24.3 Å². The van der Waals surface area contributed by atoms with Crippen LogP contribution in [0, 0.1) is 34.6 Å². The van der Waals surface area contributed by atoms with E-state index in [1.807, 2.05) is 0 Å². The zero-order chi connectivity index (χ0) is 18.0. The second-order valence-electron chi connectivity index (χ2n) is 4.48. The number of thiocarbonyl (C=S) groups is 1. The predicted octanol–water partition coefficient (Wildman–Crippen LogP) is 5.39. The van der Waals surface area contributed by atoms with Crippen LogP contribution in [0.4, 0.5) is 23.2 Å². The molecule has 2 aromatic carbocycles. The zero-order valence-corrected chi connectivity index (χ0v) is 15.1. The molecule has 0 aliphatic heterocycles. The molecule has 24 heavy (non-hydrogen) atoms. The normalized spacial score (nSPS) is 10.4. The van der Waals surface area contributed by atoms with Gasteiger partial charge in [0, 0.05) is 17.2 Å². The predicted molar refractivity (Wildman–Crippen MR) is 92.0 cm³/mol. The van der Waals surface area contributed by atoms with Crippen LogP contribution >= 0.6 is 39.9 Å². The first-order valence-corrected chi connectivity index (χ1v) is 8.26. The van der Waals surface area contributed by atoms with Crippen molar-refractivity contribution in [2.45, 2.75) is 4.90 Å². The van der Waals surface area contributed by atoms with Gasteiger partial charge in [-0.2, -0.15) is 5.26 Å². The molecule has 0 bridgehead atoms. The molecule has 0 amide bonds. The SMILES string of the molecule is CN(C(=S)Sc1c(F)c(F)c(C#N)c(F)c1F)c1ccc(Br)cc1. The number of halogens is 5. The number of hydrogen-bond acceptors (Lipinski definition) is 3. The quantitative estimate of drug-likeness (QED) is 0.274. The largest absolute Gasteiger partial charge is 0.330 e. The molecule has 2 aromatic rings. The molecule has 0 aliphatic rings. The van der Waals surface area contributed by atoms with E-state index >= 15 is 0 Å². The molecule has 124 valence electrons. The molecular formula is C15H7BrF4N2S2. The Hall–Kier alpha value is -1.63. The Balaban J connectivity index is 2.36. The van der Waals surface area contributed by atoms with E-state index in [1.165, 1.54) is 4.90 Å². The summed E-state index contributed by atoms with van der Waals surface area (Å²) < 4.78 is 55.9.